The highest BCUT2D eigenvalue weighted by Crippen LogP contribution is 2.42. The van der Waals surface area contributed by atoms with Gasteiger partial charge >= 0.3 is 6.03 Å². The van der Waals surface area contributed by atoms with Gasteiger partial charge in [-0.2, -0.15) is 4.98 Å². The van der Waals surface area contributed by atoms with Crippen molar-refractivity contribution in [3.63, 3.8) is 0 Å². The van der Waals surface area contributed by atoms with Crippen molar-refractivity contribution in [3.05, 3.63) is 35.7 Å². The Balaban J connectivity index is 1.18. The number of nitrogens with zero attached hydrogens (tertiary/aromatic N) is 5. The average Bonchev–Trinajstić information content (AvgIpc) is 3.43. The molecule has 1 saturated carbocycles. The van der Waals surface area contributed by atoms with E-state index in [-0.39, 0.29) is 29.8 Å². The number of aromatic nitrogens is 2. The molecule has 4 atom stereocenters. The van der Waals surface area contributed by atoms with Crippen molar-refractivity contribution in [1.82, 2.24) is 30.2 Å². The highest BCUT2D eigenvalue weighted by Gasteiger charge is 2.58. The first-order valence-electron chi connectivity index (χ1n) is 12.8. The summed E-state index contributed by atoms with van der Waals surface area (Å²) in [5.74, 6) is 1.47. The molecule has 1 N–H and O–H groups in total. The van der Waals surface area contributed by atoms with Crippen molar-refractivity contribution in [2.45, 2.75) is 58.5 Å². The van der Waals surface area contributed by atoms with E-state index in [4.69, 9.17) is 4.52 Å². The molecule has 1 aromatic heterocycles. The van der Waals surface area contributed by atoms with Crippen molar-refractivity contribution in [3.8, 4) is 11.4 Å². The summed E-state index contributed by atoms with van der Waals surface area (Å²) in [5.41, 5.74) is 1.39. The lowest BCUT2D eigenvalue weighted by Crippen LogP contribution is -2.59. The summed E-state index contributed by atoms with van der Waals surface area (Å²) in [6.07, 6.45) is 3.06. The summed E-state index contributed by atoms with van der Waals surface area (Å²) in [6.45, 7) is 11.8. The normalized spacial score (nSPS) is 29.1. The summed E-state index contributed by atoms with van der Waals surface area (Å²) < 4.78 is 5.59. The minimum absolute atomic E-state index is 0.00669. The van der Waals surface area contributed by atoms with Gasteiger partial charge in [-0.1, -0.05) is 55.3 Å². The van der Waals surface area contributed by atoms with Gasteiger partial charge in [-0.05, 0) is 38.5 Å². The van der Waals surface area contributed by atoms with Crippen LogP contribution in [-0.4, -0.2) is 75.2 Å². The minimum atomic E-state index is -0.737. The largest absolute Gasteiger partial charge is 0.337 e. The van der Waals surface area contributed by atoms with Crippen LogP contribution < -0.4 is 5.32 Å². The molecule has 9 heteroatoms. The van der Waals surface area contributed by atoms with Crippen LogP contribution in [0.25, 0.3) is 11.4 Å². The van der Waals surface area contributed by atoms with Crippen LogP contribution in [0.2, 0.25) is 0 Å². The zero-order chi connectivity index (χ0) is 24.7. The molecule has 2 saturated heterocycles. The van der Waals surface area contributed by atoms with Crippen LogP contribution in [0.3, 0.4) is 0 Å². The molecule has 3 aliphatic rings. The SMILES string of the molecule is Cc1ccc(-c2noc([C@H](C)N3CCN(CN4C(=O)NC5(C4=O)[C@H](C)CCC[C@@H]5C)CC3)n2)cc1. The lowest BCUT2D eigenvalue weighted by Gasteiger charge is -2.42. The standard InChI is InChI=1S/C26H36N6O3/c1-17-8-10-21(11-9-17)22-27-23(35-29-22)20(4)31-14-12-30(13-15-31)16-32-24(33)26(28-25(32)34)18(2)6-5-7-19(26)3/h8-11,18-20H,5-7,12-16H2,1-4H3,(H,28,34)/t18-,19+,20-,26?/m0/s1. The fourth-order valence-corrected chi connectivity index (χ4v) is 5.95. The van der Waals surface area contributed by atoms with Crippen LogP contribution in [0.4, 0.5) is 4.79 Å². The lowest BCUT2D eigenvalue weighted by molar-refractivity contribution is -0.138. The van der Waals surface area contributed by atoms with Gasteiger partial charge in [0.15, 0.2) is 0 Å². The minimum Gasteiger partial charge on any atom is -0.337 e. The monoisotopic (exact) mass is 480 g/mol. The van der Waals surface area contributed by atoms with Crippen LogP contribution in [0, 0.1) is 18.8 Å². The van der Waals surface area contributed by atoms with E-state index in [0.29, 0.717) is 18.4 Å². The number of amides is 3. The van der Waals surface area contributed by atoms with Crippen LogP contribution in [0.5, 0.6) is 0 Å². The molecule has 2 aromatic rings. The molecule has 1 aliphatic carbocycles. The van der Waals surface area contributed by atoms with Gasteiger partial charge in [0, 0.05) is 31.7 Å². The smallest absolute Gasteiger partial charge is 0.326 e. The molecule has 3 fully saturated rings. The summed E-state index contributed by atoms with van der Waals surface area (Å²) in [7, 11) is 0. The highest BCUT2D eigenvalue weighted by molar-refractivity contribution is 6.07. The second-order valence-corrected chi connectivity index (χ2v) is 10.6. The Morgan fingerprint density at radius 2 is 1.74 bits per heavy atom. The maximum Gasteiger partial charge on any atom is 0.326 e. The van der Waals surface area contributed by atoms with Gasteiger partial charge < -0.3 is 9.84 Å². The third-order valence-electron chi connectivity index (χ3n) is 8.39. The van der Waals surface area contributed by atoms with Crippen LogP contribution >= 0.6 is 0 Å². The van der Waals surface area contributed by atoms with Gasteiger partial charge in [0.1, 0.15) is 5.54 Å². The number of rotatable bonds is 5. The number of nitrogens with one attached hydrogen (secondary N) is 1. The number of urea groups is 1. The number of piperazine rings is 1. The predicted molar refractivity (Wildman–Crippen MR) is 131 cm³/mol. The fourth-order valence-electron chi connectivity index (χ4n) is 5.95. The zero-order valence-corrected chi connectivity index (χ0v) is 21.2. The van der Waals surface area contributed by atoms with E-state index < -0.39 is 5.54 Å². The number of hydrogen-bond acceptors (Lipinski definition) is 7. The second kappa shape index (κ2) is 9.35. The average molecular weight is 481 g/mol. The van der Waals surface area contributed by atoms with Crippen LogP contribution in [-0.2, 0) is 4.79 Å². The van der Waals surface area contributed by atoms with E-state index in [1.807, 2.05) is 31.2 Å². The molecule has 188 valence electrons. The van der Waals surface area contributed by atoms with Crippen LogP contribution in [0.15, 0.2) is 28.8 Å². The summed E-state index contributed by atoms with van der Waals surface area (Å²) in [6, 6.07) is 7.83. The molecule has 5 rings (SSSR count). The number of benzene rings is 1. The third-order valence-corrected chi connectivity index (χ3v) is 8.39. The number of imide groups is 1. The molecule has 35 heavy (non-hydrogen) atoms. The van der Waals surface area contributed by atoms with Crippen molar-refractivity contribution in [2.24, 2.45) is 11.8 Å². The van der Waals surface area contributed by atoms with Gasteiger partial charge in [-0.15, -0.1) is 0 Å². The molecule has 1 aromatic carbocycles. The molecular weight excluding hydrogens is 444 g/mol. The molecule has 1 spiro atoms. The highest BCUT2D eigenvalue weighted by atomic mass is 16.5. The first kappa shape index (κ1) is 23.9. The van der Waals surface area contributed by atoms with Crippen molar-refractivity contribution < 1.29 is 14.1 Å². The van der Waals surface area contributed by atoms with E-state index in [0.717, 1.165) is 51.0 Å². The summed E-state index contributed by atoms with van der Waals surface area (Å²) in [4.78, 5) is 36.9. The number of aryl methyl sites for hydroxylation is 1. The molecule has 0 bridgehead atoms. The Morgan fingerprint density at radius 1 is 1.09 bits per heavy atom. The van der Waals surface area contributed by atoms with Crippen molar-refractivity contribution >= 4 is 11.9 Å². The van der Waals surface area contributed by atoms with Crippen molar-refractivity contribution in [1.29, 1.82) is 0 Å². The first-order chi connectivity index (χ1) is 16.8. The molecule has 3 amide bonds. The Hall–Kier alpha value is -2.78. The lowest BCUT2D eigenvalue weighted by atomic mass is 9.67. The van der Waals surface area contributed by atoms with Gasteiger partial charge in [0.2, 0.25) is 11.7 Å². The van der Waals surface area contributed by atoms with E-state index in [1.165, 1.54) is 10.5 Å². The molecule has 0 radical (unpaired) electrons. The number of carbonyl (C=O) groups is 2. The van der Waals surface area contributed by atoms with E-state index >= 15 is 0 Å². The Bertz CT molecular complexity index is 1070. The van der Waals surface area contributed by atoms with E-state index in [1.54, 1.807) is 0 Å². The second-order valence-electron chi connectivity index (χ2n) is 10.6. The molecule has 3 heterocycles. The predicted octanol–water partition coefficient (Wildman–Crippen LogP) is 3.43. The van der Waals surface area contributed by atoms with E-state index in [2.05, 4.69) is 46.0 Å². The Morgan fingerprint density at radius 3 is 2.40 bits per heavy atom. The summed E-state index contributed by atoms with van der Waals surface area (Å²) >= 11 is 0. The van der Waals surface area contributed by atoms with Crippen LogP contribution in [0.1, 0.15) is 57.5 Å². The van der Waals surface area contributed by atoms with Gasteiger partial charge in [-0.3, -0.25) is 14.6 Å². The fraction of sp³-hybridized carbons (Fsp3) is 0.615. The Kier molecular flexibility index (Phi) is 6.40. The first-order valence-corrected chi connectivity index (χ1v) is 12.8. The van der Waals surface area contributed by atoms with Gasteiger partial charge in [-0.25, -0.2) is 9.69 Å². The van der Waals surface area contributed by atoms with E-state index in [9.17, 15) is 9.59 Å². The summed E-state index contributed by atoms with van der Waals surface area (Å²) in [5, 5.41) is 7.27. The van der Waals surface area contributed by atoms with Crippen molar-refractivity contribution in [2.75, 3.05) is 32.8 Å². The number of hydrogen-bond donors (Lipinski definition) is 1. The van der Waals surface area contributed by atoms with Gasteiger partial charge in [0.25, 0.3) is 5.91 Å². The number of carbonyl (C=O) groups excluding carboxylic acids is 2. The zero-order valence-electron chi connectivity index (χ0n) is 21.2. The molecular formula is C26H36N6O3. The Labute approximate surface area is 206 Å². The molecule has 9 nitrogen and oxygen atoms in total. The quantitative estimate of drug-likeness (QED) is 0.655. The maximum absolute atomic E-state index is 13.5. The topological polar surface area (TPSA) is 94.8 Å². The van der Waals surface area contributed by atoms with Gasteiger partial charge in [0.05, 0.1) is 12.7 Å². The molecule has 2 aliphatic heterocycles. The third kappa shape index (κ3) is 4.25. The maximum atomic E-state index is 13.5. The molecule has 1 unspecified atom stereocenters.